The second-order valence-electron chi connectivity index (χ2n) is 3.90. The Bertz CT molecular complexity index is 544. The van der Waals surface area contributed by atoms with Crippen molar-refractivity contribution in [3.05, 3.63) is 40.4 Å². The summed E-state index contributed by atoms with van der Waals surface area (Å²) in [5.74, 6) is -1.01. The fourth-order valence-corrected chi connectivity index (χ4v) is 2.50. The molecule has 100 valence electrons. The van der Waals surface area contributed by atoms with Crippen molar-refractivity contribution in [3.63, 3.8) is 0 Å². The van der Waals surface area contributed by atoms with Crippen LogP contribution in [0.5, 0.6) is 0 Å². The Balaban J connectivity index is 2.08. The standard InChI is InChI=1S/C12H14N4O2S/c1-2-9(11-14-3-4-19-11)15-6-10-8(12(17)18)5-13-7-16-10/h3-5,7,9,15H,2,6H2,1H3,(H,17,18). The second-order valence-corrected chi connectivity index (χ2v) is 4.83. The Morgan fingerprint density at radius 2 is 2.37 bits per heavy atom. The maximum atomic E-state index is 11.0. The molecule has 0 saturated carbocycles. The molecule has 2 heterocycles. The lowest BCUT2D eigenvalue weighted by Gasteiger charge is -2.14. The highest BCUT2D eigenvalue weighted by molar-refractivity contribution is 7.09. The number of aromatic nitrogens is 3. The zero-order valence-electron chi connectivity index (χ0n) is 10.4. The minimum Gasteiger partial charge on any atom is -0.478 e. The van der Waals surface area contributed by atoms with E-state index >= 15 is 0 Å². The fraction of sp³-hybridized carbons (Fsp3) is 0.333. The molecule has 1 atom stereocenters. The predicted octanol–water partition coefficient (Wildman–Crippen LogP) is 1.87. The van der Waals surface area contributed by atoms with Gasteiger partial charge in [0.15, 0.2) is 0 Å². The van der Waals surface area contributed by atoms with E-state index in [9.17, 15) is 4.79 Å². The average molecular weight is 278 g/mol. The number of aromatic carboxylic acids is 1. The average Bonchev–Trinajstić information content (AvgIpc) is 2.94. The summed E-state index contributed by atoms with van der Waals surface area (Å²) in [5.41, 5.74) is 0.612. The van der Waals surface area contributed by atoms with Gasteiger partial charge in [-0.25, -0.2) is 19.7 Å². The molecule has 0 aliphatic carbocycles. The van der Waals surface area contributed by atoms with Gasteiger partial charge in [0.1, 0.15) is 16.9 Å². The summed E-state index contributed by atoms with van der Waals surface area (Å²) in [6.45, 7) is 2.43. The molecule has 0 aliphatic rings. The SMILES string of the molecule is CCC(NCc1ncncc1C(=O)O)c1nccs1. The molecule has 7 heteroatoms. The van der Waals surface area contributed by atoms with Crippen LogP contribution >= 0.6 is 11.3 Å². The fourth-order valence-electron chi connectivity index (χ4n) is 1.71. The summed E-state index contributed by atoms with van der Waals surface area (Å²) in [7, 11) is 0. The van der Waals surface area contributed by atoms with Gasteiger partial charge in [-0.05, 0) is 6.42 Å². The number of nitrogens with zero attached hydrogens (tertiary/aromatic N) is 3. The molecule has 0 fully saturated rings. The van der Waals surface area contributed by atoms with Crippen LogP contribution < -0.4 is 5.32 Å². The quantitative estimate of drug-likeness (QED) is 0.838. The van der Waals surface area contributed by atoms with E-state index in [4.69, 9.17) is 5.11 Å². The predicted molar refractivity (Wildman–Crippen MR) is 71.0 cm³/mol. The van der Waals surface area contributed by atoms with Crippen molar-refractivity contribution in [2.75, 3.05) is 0 Å². The van der Waals surface area contributed by atoms with E-state index < -0.39 is 5.97 Å². The highest BCUT2D eigenvalue weighted by Crippen LogP contribution is 2.19. The minimum atomic E-state index is -1.01. The first-order valence-electron chi connectivity index (χ1n) is 5.87. The summed E-state index contributed by atoms with van der Waals surface area (Å²) in [4.78, 5) is 23.1. The van der Waals surface area contributed by atoms with E-state index in [1.165, 1.54) is 12.5 Å². The van der Waals surface area contributed by atoms with Crippen molar-refractivity contribution in [1.29, 1.82) is 0 Å². The number of hydrogen-bond acceptors (Lipinski definition) is 6. The molecule has 0 amide bonds. The second kappa shape index (κ2) is 6.35. The van der Waals surface area contributed by atoms with Crippen LogP contribution in [0.1, 0.15) is 40.4 Å². The van der Waals surface area contributed by atoms with Crippen molar-refractivity contribution < 1.29 is 9.90 Å². The van der Waals surface area contributed by atoms with Crippen molar-refractivity contribution in [1.82, 2.24) is 20.3 Å². The summed E-state index contributed by atoms with van der Waals surface area (Å²) in [5, 5.41) is 15.2. The summed E-state index contributed by atoms with van der Waals surface area (Å²) >= 11 is 1.58. The topological polar surface area (TPSA) is 88.0 Å². The van der Waals surface area contributed by atoms with Gasteiger partial charge in [-0.3, -0.25) is 0 Å². The Labute approximate surface area is 114 Å². The molecule has 0 aliphatic heterocycles. The van der Waals surface area contributed by atoms with Crippen molar-refractivity contribution >= 4 is 17.3 Å². The summed E-state index contributed by atoms with van der Waals surface area (Å²) < 4.78 is 0. The first-order valence-corrected chi connectivity index (χ1v) is 6.75. The van der Waals surface area contributed by atoms with Crippen LogP contribution in [0.3, 0.4) is 0 Å². The van der Waals surface area contributed by atoms with Gasteiger partial charge in [-0.2, -0.15) is 0 Å². The number of carboxylic acids is 1. The molecular weight excluding hydrogens is 264 g/mol. The first kappa shape index (κ1) is 13.6. The highest BCUT2D eigenvalue weighted by atomic mass is 32.1. The van der Waals surface area contributed by atoms with Gasteiger partial charge in [0, 0.05) is 24.3 Å². The molecule has 0 bridgehead atoms. The summed E-state index contributed by atoms with van der Waals surface area (Å²) in [6.07, 6.45) is 5.31. The number of carbonyl (C=O) groups is 1. The van der Waals surface area contributed by atoms with E-state index in [1.807, 2.05) is 5.38 Å². The monoisotopic (exact) mass is 278 g/mol. The van der Waals surface area contributed by atoms with Crippen molar-refractivity contribution in [3.8, 4) is 0 Å². The molecule has 2 N–H and O–H groups in total. The van der Waals surface area contributed by atoms with Crippen molar-refractivity contribution in [2.24, 2.45) is 0 Å². The van der Waals surface area contributed by atoms with Gasteiger partial charge in [-0.1, -0.05) is 6.92 Å². The van der Waals surface area contributed by atoms with Gasteiger partial charge < -0.3 is 10.4 Å². The number of carboxylic acid groups (broad SMARTS) is 1. The molecule has 19 heavy (non-hydrogen) atoms. The Morgan fingerprint density at radius 3 is 3.00 bits per heavy atom. The molecule has 0 radical (unpaired) electrons. The van der Waals surface area contributed by atoms with E-state index in [-0.39, 0.29) is 11.6 Å². The molecule has 0 spiro atoms. The van der Waals surface area contributed by atoms with Crippen LogP contribution in [-0.4, -0.2) is 26.0 Å². The van der Waals surface area contributed by atoms with Crippen LogP contribution in [0.25, 0.3) is 0 Å². The number of hydrogen-bond donors (Lipinski definition) is 2. The van der Waals surface area contributed by atoms with Gasteiger partial charge in [0.05, 0.1) is 11.7 Å². The molecule has 1 unspecified atom stereocenters. The van der Waals surface area contributed by atoms with Crippen LogP contribution in [0, 0.1) is 0 Å². The van der Waals surface area contributed by atoms with Crippen LogP contribution in [0.2, 0.25) is 0 Å². The van der Waals surface area contributed by atoms with Gasteiger partial charge in [0.25, 0.3) is 0 Å². The van der Waals surface area contributed by atoms with Crippen LogP contribution in [0.4, 0.5) is 0 Å². The van der Waals surface area contributed by atoms with Gasteiger partial charge in [-0.15, -0.1) is 11.3 Å². The molecular formula is C12H14N4O2S. The van der Waals surface area contributed by atoms with E-state index in [0.717, 1.165) is 11.4 Å². The third-order valence-electron chi connectivity index (χ3n) is 2.70. The van der Waals surface area contributed by atoms with E-state index in [0.29, 0.717) is 12.2 Å². The number of thiazole rings is 1. The largest absolute Gasteiger partial charge is 0.478 e. The molecule has 0 aromatic carbocycles. The lowest BCUT2D eigenvalue weighted by Crippen LogP contribution is -2.22. The molecule has 6 nitrogen and oxygen atoms in total. The lowest BCUT2D eigenvalue weighted by molar-refractivity contribution is 0.0694. The maximum Gasteiger partial charge on any atom is 0.339 e. The Kier molecular flexibility index (Phi) is 4.53. The Hall–Kier alpha value is -1.86. The molecule has 0 saturated heterocycles. The number of rotatable bonds is 6. The van der Waals surface area contributed by atoms with E-state index in [2.05, 4.69) is 27.2 Å². The van der Waals surface area contributed by atoms with Gasteiger partial charge in [0.2, 0.25) is 0 Å². The first-order chi connectivity index (χ1) is 9.22. The minimum absolute atomic E-state index is 0.108. The van der Waals surface area contributed by atoms with Crippen LogP contribution in [-0.2, 0) is 6.54 Å². The molecule has 2 rings (SSSR count). The third kappa shape index (κ3) is 3.33. The molecule has 2 aromatic rings. The summed E-state index contributed by atoms with van der Waals surface area (Å²) in [6, 6.07) is 0.108. The van der Waals surface area contributed by atoms with E-state index in [1.54, 1.807) is 17.5 Å². The smallest absolute Gasteiger partial charge is 0.339 e. The zero-order valence-corrected chi connectivity index (χ0v) is 11.2. The third-order valence-corrected chi connectivity index (χ3v) is 3.59. The molecule has 2 aromatic heterocycles. The number of nitrogens with one attached hydrogen (secondary N) is 1. The maximum absolute atomic E-state index is 11.0. The lowest BCUT2D eigenvalue weighted by atomic mass is 10.2. The zero-order chi connectivity index (χ0) is 13.7. The van der Waals surface area contributed by atoms with Crippen LogP contribution in [0.15, 0.2) is 24.1 Å². The van der Waals surface area contributed by atoms with Gasteiger partial charge >= 0.3 is 5.97 Å². The normalized spacial score (nSPS) is 12.3. The Morgan fingerprint density at radius 1 is 1.53 bits per heavy atom. The van der Waals surface area contributed by atoms with Crippen molar-refractivity contribution in [2.45, 2.75) is 25.9 Å². The highest BCUT2D eigenvalue weighted by Gasteiger charge is 2.15.